The van der Waals surface area contributed by atoms with Crippen molar-refractivity contribution >= 4 is 24.0 Å². The molecular formula is C16H23ClN4O2. The van der Waals surface area contributed by atoms with Gasteiger partial charge in [-0.15, -0.1) is 12.4 Å². The molecule has 0 radical (unpaired) electrons. The highest BCUT2D eigenvalue weighted by atomic mass is 35.5. The van der Waals surface area contributed by atoms with Crippen LogP contribution in [0, 0.1) is 13.8 Å². The third-order valence-electron chi connectivity index (χ3n) is 3.57. The Kier molecular flexibility index (Phi) is 7.22. The minimum absolute atomic E-state index is 0. The number of para-hydroxylation sites is 1. The Morgan fingerprint density at radius 1 is 1.35 bits per heavy atom. The lowest BCUT2D eigenvalue weighted by Crippen LogP contribution is -2.28. The lowest BCUT2D eigenvalue weighted by molar-refractivity contribution is -0.118. The second kappa shape index (κ2) is 8.67. The zero-order valence-corrected chi connectivity index (χ0v) is 14.4. The van der Waals surface area contributed by atoms with E-state index in [2.05, 4.69) is 10.4 Å². The number of halogens is 1. The second-order valence-corrected chi connectivity index (χ2v) is 5.14. The maximum absolute atomic E-state index is 12.1. The van der Waals surface area contributed by atoms with Gasteiger partial charge in [-0.05, 0) is 26.0 Å². The van der Waals surface area contributed by atoms with Gasteiger partial charge >= 0.3 is 0 Å². The number of hydrogen-bond donors (Lipinski definition) is 2. The summed E-state index contributed by atoms with van der Waals surface area (Å²) >= 11 is 0. The lowest BCUT2D eigenvalue weighted by Gasteiger charge is -2.13. The molecule has 0 saturated heterocycles. The average Bonchev–Trinajstić information content (AvgIpc) is 2.81. The van der Waals surface area contributed by atoms with Crippen molar-refractivity contribution in [3.05, 3.63) is 41.7 Å². The summed E-state index contributed by atoms with van der Waals surface area (Å²) in [5, 5.41) is 7.41. The van der Waals surface area contributed by atoms with Gasteiger partial charge in [-0.2, -0.15) is 5.10 Å². The van der Waals surface area contributed by atoms with Crippen LogP contribution in [0.3, 0.4) is 0 Å². The first-order chi connectivity index (χ1) is 10.6. The summed E-state index contributed by atoms with van der Waals surface area (Å²) in [4.78, 5) is 12.1. The van der Waals surface area contributed by atoms with E-state index < -0.39 is 0 Å². The molecule has 2 rings (SSSR count). The summed E-state index contributed by atoms with van der Waals surface area (Å²) in [6.07, 6.45) is -0.0488. The standard InChI is InChI=1S/C16H22N4O2.ClH/c1-11-16(18-15(21)9-14(10-17)22-3)12(2)20(19-11)13-7-5-4-6-8-13;/h4-8,14H,9-10,17H2,1-3H3,(H,18,21);1H. The van der Waals surface area contributed by atoms with Gasteiger partial charge in [-0.1, -0.05) is 18.2 Å². The van der Waals surface area contributed by atoms with Crippen LogP contribution in [-0.2, 0) is 9.53 Å². The monoisotopic (exact) mass is 338 g/mol. The molecule has 0 saturated carbocycles. The van der Waals surface area contributed by atoms with E-state index in [0.717, 1.165) is 22.8 Å². The molecule has 2 aromatic rings. The van der Waals surface area contributed by atoms with Crippen molar-refractivity contribution in [3.63, 3.8) is 0 Å². The van der Waals surface area contributed by atoms with E-state index in [1.165, 1.54) is 0 Å². The Labute approximate surface area is 142 Å². The van der Waals surface area contributed by atoms with Gasteiger partial charge < -0.3 is 15.8 Å². The van der Waals surface area contributed by atoms with E-state index in [-0.39, 0.29) is 30.8 Å². The van der Waals surface area contributed by atoms with Crippen LogP contribution in [0.2, 0.25) is 0 Å². The molecule has 126 valence electrons. The number of hydrogen-bond acceptors (Lipinski definition) is 4. The van der Waals surface area contributed by atoms with Crippen LogP contribution >= 0.6 is 12.4 Å². The number of nitrogens with one attached hydrogen (secondary N) is 1. The first kappa shape index (κ1) is 19.2. The Balaban J connectivity index is 0.00000264. The first-order valence-corrected chi connectivity index (χ1v) is 7.21. The molecular weight excluding hydrogens is 316 g/mol. The highest BCUT2D eigenvalue weighted by Crippen LogP contribution is 2.23. The second-order valence-electron chi connectivity index (χ2n) is 5.14. The topological polar surface area (TPSA) is 82.2 Å². The molecule has 6 nitrogen and oxygen atoms in total. The number of carbonyl (C=O) groups is 1. The molecule has 7 heteroatoms. The van der Waals surface area contributed by atoms with Crippen molar-refractivity contribution in [2.45, 2.75) is 26.4 Å². The highest BCUT2D eigenvalue weighted by molar-refractivity contribution is 5.92. The fraction of sp³-hybridized carbons (Fsp3) is 0.375. The Bertz CT molecular complexity index is 639. The fourth-order valence-corrected chi connectivity index (χ4v) is 2.30. The fourth-order valence-electron chi connectivity index (χ4n) is 2.30. The number of methoxy groups -OCH3 is 1. The Morgan fingerprint density at radius 3 is 2.57 bits per heavy atom. The number of amides is 1. The molecule has 1 aromatic heterocycles. The third-order valence-corrected chi connectivity index (χ3v) is 3.57. The molecule has 1 aromatic carbocycles. The van der Waals surface area contributed by atoms with Gasteiger partial charge in [0.2, 0.25) is 5.91 Å². The number of rotatable bonds is 6. The van der Waals surface area contributed by atoms with Gasteiger partial charge in [0.25, 0.3) is 0 Å². The molecule has 0 aliphatic heterocycles. The maximum atomic E-state index is 12.1. The molecule has 0 aliphatic rings. The number of ether oxygens (including phenoxy) is 1. The number of nitrogens with zero attached hydrogens (tertiary/aromatic N) is 2. The van der Waals surface area contributed by atoms with Crippen LogP contribution in [0.25, 0.3) is 5.69 Å². The SMILES string of the molecule is COC(CN)CC(=O)Nc1c(C)nn(-c2ccccc2)c1C.Cl. The molecule has 0 bridgehead atoms. The minimum atomic E-state index is -0.273. The Morgan fingerprint density at radius 2 is 2.00 bits per heavy atom. The molecule has 1 heterocycles. The highest BCUT2D eigenvalue weighted by Gasteiger charge is 2.17. The van der Waals surface area contributed by atoms with Gasteiger partial charge in [0.1, 0.15) is 0 Å². The molecule has 1 atom stereocenters. The van der Waals surface area contributed by atoms with Gasteiger partial charge in [-0.3, -0.25) is 4.79 Å². The predicted molar refractivity (Wildman–Crippen MR) is 93.4 cm³/mol. The van der Waals surface area contributed by atoms with Crippen molar-refractivity contribution in [3.8, 4) is 5.69 Å². The number of aryl methyl sites for hydroxylation is 1. The van der Waals surface area contributed by atoms with Crippen molar-refractivity contribution in [1.29, 1.82) is 0 Å². The molecule has 23 heavy (non-hydrogen) atoms. The van der Waals surface area contributed by atoms with E-state index in [4.69, 9.17) is 10.5 Å². The van der Waals surface area contributed by atoms with Gasteiger partial charge in [0, 0.05) is 13.7 Å². The van der Waals surface area contributed by atoms with Crippen molar-refractivity contribution in [2.24, 2.45) is 5.73 Å². The predicted octanol–water partition coefficient (Wildman–Crippen LogP) is 2.21. The van der Waals surface area contributed by atoms with E-state index in [1.54, 1.807) is 7.11 Å². The molecule has 0 aliphatic carbocycles. The zero-order chi connectivity index (χ0) is 16.1. The number of anilines is 1. The van der Waals surface area contributed by atoms with Crippen LogP contribution < -0.4 is 11.1 Å². The van der Waals surface area contributed by atoms with E-state index >= 15 is 0 Å². The zero-order valence-electron chi connectivity index (χ0n) is 13.6. The molecule has 0 fully saturated rings. The Hall–Kier alpha value is -1.89. The average molecular weight is 339 g/mol. The van der Waals surface area contributed by atoms with Crippen molar-refractivity contribution in [2.75, 3.05) is 19.0 Å². The molecule has 1 amide bonds. The van der Waals surface area contributed by atoms with E-state index in [0.29, 0.717) is 6.54 Å². The van der Waals surface area contributed by atoms with E-state index in [9.17, 15) is 4.79 Å². The summed E-state index contributed by atoms with van der Waals surface area (Å²) in [5.41, 5.74) is 8.90. The van der Waals surface area contributed by atoms with Crippen LogP contribution in [-0.4, -0.2) is 35.4 Å². The molecule has 3 N–H and O–H groups in total. The maximum Gasteiger partial charge on any atom is 0.227 e. The van der Waals surface area contributed by atoms with Crippen LogP contribution in [0.4, 0.5) is 5.69 Å². The number of aromatic nitrogens is 2. The summed E-state index contributed by atoms with van der Waals surface area (Å²) in [5.74, 6) is -0.129. The summed E-state index contributed by atoms with van der Waals surface area (Å²) in [6.45, 7) is 4.11. The quantitative estimate of drug-likeness (QED) is 0.846. The minimum Gasteiger partial charge on any atom is -0.380 e. The first-order valence-electron chi connectivity index (χ1n) is 7.21. The largest absolute Gasteiger partial charge is 0.380 e. The van der Waals surface area contributed by atoms with Crippen molar-refractivity contribution in [1.82, 2.24) is 9.78 Å². The number of benzene rings is 1. The van der Waals surface area contributed by atoms with Gasteiger partial charge in [-0.25, -0.2) is 4.68 Å². The summed E-state index contributed by atoms with van der Waals surface area (Å²) in [7, 11) is 1.55. The van der Waals surface area contributed by atoms with Crippen molar-refractivity contribution < 1.29 is 9.53 Å². The molecule has 1 unspecified atom stereocenters. The number of nitrogens with two attached hydrogens (primary N) is 1. The third kappa shape index (κ3) is 4.54. The summed E-state index contributed by atoms with van der Waals surface area (Å²) < 4.78 is 6.96. The normalized spacial score (nSPS) is 11.7. The lowest BCUT2D eigenvalue weighted by atomic mass is 10.2. The van der Waals surface area contributed by atoms with Gasteiger partial charge in [0.05, 0.1) is 35.3 Å². The van der Waals surface area contributed by atoms with Crippen LogP contribution in [0.15, 0.2) is 30.3 Å². The van der Waals surface area contributed by atoms with Crippen LogP contribution in [0.5, 0.6) is 0 Å². The molecule has 0 spiro atoms. The van der Waals surface area contributed by atoms with Gasteiger partial charge in [0.15, 0.2) is 0 Å². The smallest absolute Gasteiger partial charge is 0.227 e. The number of carbonyl (C=O) groups excluding carboxylic acids is 1. The van der Waals surface area contributed by atoms with E-state index in [1.807, 2.05) is 48.9 Å². The van der Waals surface area contributed by atoms with Crippen LogP contribution in [0.1, 0.15) is 17.8 Å². The summed E-state index contributed by atoms with van der Waals surface area (Å²) in [6, 6.07) is 9.80.